The average Bonchev–Trinajstić information content (AvgIpc) is 3.22. The van der Waals surface area contributed by atoms with E-state index >= 15 is 0 Å². The number of aliphatic hydroxyl groups is 5. The quantitative estimate of drug-likeness (QED) is 0.0268. The molecule has 334 valence electrons. The van der Waals surface area contributed by atoms with E-state index in [-0.39, 0.29) is 12.5 Å². The summed E-state index contributed by atoms with van der Waals surface area (Å²) in [5, 5.41) is 54.1. The van der Waals surface area contributed by atoms with Crippen LogP contribution in [0.25, 0.3) is 0 Å². The number of carbonyl (C=O) groups excluding carboxylic acids is 1. The first-order valence-electron chi connectivity index (χ1n) is 23.2. The molecule has 7 unspecified atom stereocenters. The van der Waals surface area contributed by atoms with Gasteiger partial charge in [0, 0.05) is 6.42 Å². The van der Waals surface area contributed by atoms with Gasteiger partial charge in [0.2, 0.25) is 5.91 Å². The number of ether oxygens (including phenoxy) is 2. The van der Waals surface area contributed by atoms with Crippen LogP contribution in [0.1, 0.15) is 174 Å². The Morgan fingerprint density at radius 3 is 1.62 bits per heavy atom. The molecule has 1 saturated heterocycles. The highest BCUT2D eigenvalue weighted by molar-refractivity contribution is 5.76. The minimum absolute atomic E-state index is 0.203. The molecule has 1 aliphatic rings. The number of hydrogen-bond acceptors (Lipinski definition) is 8. The van der Waals surface area contributed by atoms with E-state index in [0.29, 0.717) is 6.42 Å². The number of amides is 1. The Morgan fingerprint density at radius 2 is 1.05 bits per heavy atom. The van der Waals surface area contributed by atoms with Crippen molar-refractivity contribution in [2.24, 2.45) is 0 Å². The third-order valence-electron chi connectivity index (χ3n) is 10.5. The summed E-state index contributed by atoms with van der Waals surface area (Å²) in [6.45, 7) is 3.66. The van der Waals surface area contributed by atoms with Crippen molar-refractivity contribution in [3.8, 4) is 0 Å². The van der Waals surface area contributed by atoms with Gasteiger partial charge in [-0.3, -0.25) is 4.79 Å². The molecule has 9 nitrogen and oxygen atoms in total. The molecule has 1 aliphatic heterocycles. The summed E-state index contributed by atoms with van der Waals surface area (Å²) in [7, 11) is 0. The summed E-state index contributed by atoms with van der Waals surface area (Å²) >= 11 is 0. The molecule has 0 aliphatic carbocycles. The van der Waals surface area contributed by atoms with Gasteiger partial charge < -0.3 is 40.3 Å². The smallest absolute Gasteiger partial charge is 0.220 e. The third kappa shape index (κ3) is 29.0. The van der Waals surface area contributed by atoms with Crippen LogP contribution in [0.5, 0.6) is 0 Å². The summed E-state index contributed by atoms with van der Waals surface area (Å²) < 4.78 is 11.2. The van der Waals surface area contributed by atoms with Crippen molar-refractivity contribution >= 4 is 5.91 Å². The number of hydrogen-bond donors (Lipinski definition) is 6. The molecule has 1 fully saturated rings. The monoisotopic (exact) mass is 816 g/mol. The zero-order chi connectivity index (χ0) is 42.3. The molecule has 0 aromatic carbocycles. The molecule has 0 bridgehead atoms. The van der Waals surface area contributed by atoms with Crippen molar-refractivity contribution < 1.29 is 39.8 Å². The molecule has 1 heterocycles. The first-order chi connectivity index (χ1) is 28.3. The Kier molecular flexibility index (Phi) is 35.9. The lowest BCUT2D eigenvalue weighted by Crippen LogP contribution is -2.60. The molecule has 7 atom stereocenters. The summed E-state index contributed by atoms with van der Waals surface area (Å²) in [5.74, 6) is -0.203. The van der Waals surface area contributed by atoms with Crippen molar-refractivity contribution in [1.82, 2.24) is 5.32 Å². The number of nitrogens with one attached hydrogen (secondary N) is 1. The van der Waals surface area contributed by atoms with E-state index in [1.807, 2.05) is 6.08 Å². The second-order valence-electron chi connectivity index (χ2n) is 15.8. The highest BCUT2D eigenvalue weighted by Gasteiger charge is 2.44. The van der Waals surface area contributed by atoms with Gasteiger partial charge in [-0.1, -0.05) is 164 Å². The van der Waals surface area contributed by atoms with Gasteiger partial charge in [0.15, 0.2) is 6.29 Å². The van der Waals surface area contributed by atoms with Gasteiger partial charge in [-0.15, -0.1) is 0 Å². The predicted octanol–water partition coefficient (Wildman–Crippen LogP) is 9.78. The molecule has 1 rings (SSSR count). The van der Waals surface area contributed by atoms with Gasteiger partial charge in [0.25, 0.3) is 0 Å². The van der Waals surface area contributed by atoms with Crippen LogP contribution in [0.15, 0.2) is 72.9 Å². The van der Waals surface area contributed by atoms with Crippen LogP contribution in [0.2, 0.25) is 0 Å². The Balaban J connectivity index is 2.33. The number of allylic oxidation sites excluding steroid dienone is 11. The third-order valence-corrected chi connectivity index (χ3v) is 10.5. The second kappa shape index (κ2) is 38.8. The van der Waals surface area contributed by atoms with E-state index in [4.69, 9.17) is 9.47 Å². The van der Waals surface area contributed by atoms with Crippen LogP contribution in [-0.2, 0) is 14.3 Å². The summed E-state index contributed by atoms with van der Waals surface area (Å²) in [6, 6.07) is -0.834. The number of carbonyl (C=O) groups is 1. The molecule has 6 N–H and O–H groups in total. The standard InChI is InChI=1S/C49H85NO8/c1-3-5-7-9-11-13-15-17-18-19-20-21-22-23-24-25-26-27-29-31-33-35-37-39-45(53)50-42(41-57-49-48(56)47(55)46(54)44(40-51)58-49)43(52)38-36-34-32-30-28-16-14-12-10-8-6-4-2/h10,12,15,17,19-20,22-23,28,30,36,38,42-44,46-49,51-52,54-56H,3-9,11,13-14,16,18,21,24-27,29,31-35,37,39-41H2,1-2H3,(H,50,53)/b12-10+,17-15-,20-19-,23-22-,30-28+,38-36+. The minimum atomic E-state index is -1.58. The zero-order valence-electron chi connectivity index (χ0n) is 36.5. The minimum Gasteiger partial charge on any atom is -0.394 e. The van der Waals surface area contributed by atoms with Crippen molar-refractivity contribution in [3.63, 3.8) is 0 Å². The molecular formula is C49H85NO8. The molecule has 0 aromatic heterocycles. The lowest BCUT2D eigenvalue weighted by molar-refractivity contribution is -0.302. The first kappa shape index (κ1) is 53.6. The number of aliphatic hydroxyl groups excluding tert-OH is 5. The van der Waals surface area contributed by atoms with Crippen LogP contribution < -0.4 is 5.32 Å². The fourth-order valence-electron chi connectivity index (χ4n) is 6.71. The zero-order valence-corrected chi connectivity index (χ0v) is 36.5. The van der Waals surface area contributed by atoms with E-state index in [1.165, 1.54) is 77.0 Å². The molecule has 9 heteroatoms. The van der Waals surface area contributed by atoms with Gasteiger partial charge in [-0.2, -0.15) is 0 Å². The topological polar surface area (TPSA) is 149 Å². The maximum Gasteiger partial charge on any atom is 0.220 e. The fourth-order valence-corrected chi connectivity index (χ4v) is 6.71. The molecule has 0 spiro atoms. The van der Waals surface area contributed by atoms with Gasteiger partial charge in [-0.25, -0.2) is 0 Å². The fraction of sp³-hybridized carbons (Fsp3) is 0.735. The lowest BCUT2D eigenvalue weighted by atomic mass is 9.99. The largest absolute Gasteiger partial charge is 0.394 e. The van der Waals surface area contributed by atoms with Crippen molar-refractivity contribution in [2.45, 2.75) is 217 Å². The van der Waals surface area contributed by atoms with Gasteiger partial charge in [-0.05, 0) is 77.0 Å². The number of rotatable bonds is 37. The SMILES string of the molecule is CCCC/C=C/CC/C=C/CC/C=C/C(O)C(COC1OC(CO)C(O)C(O)C1O)NC(=O)CCCCCCCCCC/C=C\C/C=C\C/C=C\CCCCCCC. The van der Waals surface area contributed by atoms with Gasteiger partial charge >= 0.3 is 0 Å². The summed E-state index contributed by atoms with van der Waals surface area (Å²) in [5.41, 5.74) is 0. The Bertz CT molecular complexity index is 1130. The van der Waals surface area contributed by atoms with E-state index in [0.717, 1.165) is 77.0 Å². The van der Waals surface area contributed by atoms with Crippen LogP contribution in [0.4, 0.5) is 0 Å². The number of unbranched alkanes of at least 4 members (excludes halogenated alkanes) is 17. The Morgan fingerprint density at radius 1 is 0.586 bits per heavy atom. The average molecular weight is 816 g/mol. The summed E-state index contributed by atoms with van der Waals surface area (Å²) in [6.07, 6.45) is 45.2. The Hall–Kier alpha value is -2.37. The maximum absolute atomic E-state index is 12.9. The molecule has 0 radical (unpaired) electrons. The van der Waals surface area contributed by atoms with E-state index in [9.17, 15) is 30.3 Å². The molecule has 0 saturated carbocycles. The molecule has 58 heavy (non-hydrogen) atoms. The lowest BCUT2D eigenvalue weighted by Gasteiger charge is -2.40. The van der Waals surface area contributed by atoms with Crippen molar-refractivity contribution in [1.29, 1.82) is 0 Å². The highest BCUT2D eigenvalue weighted by atomic mass is 16.7. The van der Waals surface area contributed by atoms with Crippen LogP contribution in [0, 0.1) is 0 Å². The highest BCUT2D eigenvalue weighted by Crippen LogP contribution is 2.22. The van der Waals surface area contributed by atoms with Crippen molar-refractivity contribution in [3.05, 3.63) is 72.9 Å². The molecular weight excluding hydrogens is 731 g/mol. The van der Waals surface area contributed by atoms with E-state index < -0.39 is 49.5 Å². The maximum atomic E-state index is 12.9. The van der Waals surface area contributed by atoms with E-state index in [2.05, 4.69) is 79.9 Å². The second-order valence-corrected chi connectivity index (χ2v) is 15.8. The van der Waals surface area contributed by atoms with Crippen LogP contribution >= 0.6 is 0 Å². The van der Waals surface area contributed by atoms with Gasteiger partial charge in [0.1, 0.15) is 24.4 Å². The molecule has 1 amide bonds. The van der Waals surface area contributed by atoms with E-state index in [1.54, 1.807) is 6.08 Å². The predicted molar refractivity (Wildman–Crippen MR) is 239 cm³/mol. The van der Waals surface area contributed by atoms with Crippen LogP contribution in [0.3, 0.4) is 0 Å². The van der Waals surface area contributed by atoms with Gasteiger partial charge in [0.05, 0.1) is 25.4 Å². The first-order valence-corrected chi connectivity index (χ1v) is 23.2. The van der Waals surface area contributed by atoms with Crippen molar-refractivity contribution in [2.75, 3.05) is 13.2 Å². The summed E-state index contributed by atoms with van der Waals surface area (Å²) in [4.78, 5) is 12.9. The molecule has 0 aromatic rings. The Labute approximate surface area is 353 Å². The van der Waals surface area contributed by atoms with Crippen LogP contribution in [-0.4, -0.2) is 87.5 Å². The normalized spacial score (nSPS) is 21.5.